The molecule has 0 aromatic heterocycles. The van der Waals surface area contributed by atoms with Gasteiger partial charge in [0.05, 0.1) is 0 Å². The van der Waals surface area contributed by atoms with Crippen molar-refractivity contribution in [2.75, 3.05) is 0 Å². The van der Waals surface area contributed by atoms with Crippen molar-refractivity contribution < 1.29 is 0 Å². The van der Waals surface area contributed by atoms with Gasteiger partial charge in [-0.2, -0.15) is 0 Å². The fourth-order valence-corrected chi connectivity index (χ4v) is 2.98. The highest BCUT2D eigenvalue weighted by Crippen LogP contribution is 2.49. The van der Waals surface area contributed by atoms with Crippen LogP contribution in [-0.2, 0) is 0 Å². The zero-order valence-electron chi connectivity index (χ0n) is 11.0. The summed E-state index contributed by atoms with van der Waals surface area (Å²) in [6.45, 7) is 4.62. The third kappa shape index (κ3) is 4.57. The van der Waals surface area contributed by atoms with Crippen LogP contribution in [0.3, 0.4) is 0 Å². The van der Waals surface area contributed by atoms with Crippen LogP contribution in [-0.4, -0.2) is 0 Å². The summed E-state index contributed by atoms with van der Waals surface area (Å²) in [5.41, 5.74) is 0.822. The minimum atomic E-state index is 0.822. The van der Waals surface area contributed by atoms with E-state index < -0.39 is 0 Å². The Morgan fingerprint density at radius 2 is 1.27 bits per heavy atom. The van der Waals surface area contributed by atoms with Crippen molar-refractivity contribution in [2.24, 2.45) is 5.41 Å². The lowest BCUT2D eigenvalue weighted by Gasteiger charge is -2.42. The van der Waals surface area contributed by atoms with E-state index in [4.69, 9.17) is 0 Å². The van der Waals surface area contributed by atoms with Gasteiger partial charge < -0.3 is 0 Å². The summed E-state index contributed by atoms with van der Waals surface area (Å²) in [6, 6.07) is 0. The van der Waals surface area contributed by atoms with Crippen LogP contribution in [0.4, 0.5) is 0 Å². The zero-order valence-corrected chi connectivity index (χ0v) is 11.0. The molecule has 0 aromatic rings. The second-order valence-electron chi connectivity index (χ2n) is 5.62. The Kier molecular flexibility index (Phi) is 6.36. The minimum absolute atomic E-state index is 0.822. The van der Waals surface area contributed by atoms with Crippen LogP contribution in [0, 0.1) is 5.41 Å². The molecule has 0 N–H and O–H groups in total. The predicted octanol–water partition coefficient (Wildman–Crippen LogP) is 5.71. The molecule has 0 heteroatoms. The maximum absolute atomic E-state index is 2.31. The molecule has 1 aliphatic rings. The molecule has 0 aliphatic heterocycles. The zero-order chi connectivity index (χ0) is 11.0. The molecule has 1 aliphatic carbocycles. The predicted molar refractivity (Wildman–Crippen MR) is 69.2 cm³/mol. The van der Waals surface area contributed by atoms with Gasteiger partial charge in [0.15, 0.2) is 0 Å². The molecule has 0 atom stereocenters. The normalized spacial score (nSPS) is 18.8. The Balaban J connectivity index is 2.09. The Morgan fingerprint density at radius 3 is 1.73 bits per heavy atom. The van der Waals surface area contributed by atoms with Crippen molar-refractivity contribution in [1.82, 2.24) is 0 Å². The van der Waals surface area contributed by atoms with E-state index in [-0.39, 0.29) is 0 Å². The lowest BCUT2D eigenvalue weighted by atomic mass is 9.63. The van der Waals surface area contributed by atoms with E-state index >= 15 is 0 Å². The van der Waals surface area contributed by atoms with Gasteiger partial charge in [-0.3, -0.25) is 0 Å². The Bertz CT molecular complexity index is 144. The van der Waals surface area contributed by atoms with Gasteiger partial charge >= 0.3 is 0 Å². The number of unbranched alkanes of at least 4 members (excludes halogenated alkanes) is 5. The van der Waals surface area contributed by atoms with Crippen LogP contribution in [0.15, 0.2) is 0 Å². The molecule has 0 heterocycles. The number of hydrogen-bond donors (Lipinski definition) is 0. The Morgan fingerprint density at radius 1 is 0.733 bits per heavy atom. The van der Waals surface area contributed by atoms with Gasteiger partial charge in [0, 0.05) is 0 Å². The summed E-state index contributed by atoms with van der Waals surface area (Å²) in [6.07, 6.45) is 17.8. The van der Waals surface area contributed by atoms with Crippen LogP contribution in [0.5, 0.6) is 0 Å². The van der Waals surface area contributed by atoms with Crippen molar-refractivity contribution in [3.63, 3.8) is 0 Å². The van der Waals surface area contributed by atoms with E-state index in [9.17, 15) is 0 Å². The second-order valence-corrected chi connectivity index (χ2v) is 5.62. The summed E-state index contributed by atoms with van der Waals surface area (Å²) in [7, 11) is 0. The maximum Gasteiger partial charge on any atom is -0.0297 e. The van der Waals surface area contributed by atoms with E-state index in [2.05, 4.69) is 13.8 Å². The average Bonchev–Trinajstić information content (AvgIpc) is 2.19. The lowest BCUT2D eigenvalue weighted by Crippen LogP contribution is -2.29. The van der Waals surface area contributed by atoms with E-state index in [0.29, 0.717) is 0 Å². The highest BCUT2D eigenvalue weighted by molar-refractivity contribution is 4.87. The first-order valence-corrected chi connectivity index (χ1v) is 7.33. The highest BCUT2D eigenvalue weighted by Gasteiger charge is 2.35. The average molecular weight is 210 g/mol. The molecule has 0 nitrogen and oxygen atoms in total. The first kappa shape index (κ1) is 13.1. The largest absolute Gasteiger partial charge is 0.0654 e. The SMILES string of the molecule is CCCCCCC1(CCCCC)CCC1. The van der Waals surface area contributed by atoms with Crippen molar-refractivity contribution in [3.05, 3.63) is 0 Å². The van der Waals surface area contributed by atoms with Crippen LogP contribution >= 0.6 is 0 Å². The standard InChI is InChI=1S/C15H30/c1-3-5-7-9-12-15(13-10-14-15)11-8-6-4-2/h3-14H2,1-2H3. The molecular formula is C15H30. The molecular weight excluding hydrogens is 180 g/mol. The molecule has 0 saturated heterocycles. The molecule has 1 fully saturated rings. The fraction of sp³-hybridized carbons (Fsp3) is 1.00. The number of hydrogen-bond acceptors (Lipinski definition) is 0. The summed E-state index contributed by atoms with van der Waals surface area (Å²) < 4.78 is 0. The Labute approximate surface area is 96.8 Å². The van der Waals surface area contributed by atoms with E-state index in [1.54, 1.807) is 12.8 Å². The van der Waals surface area contributed by atoms with Gasteiger partial charge in [0.2, 0.25) is 0 Å². The summed E-state index contributed by atoms with van der Waals surface area (Å²) in [5.74, 6) is 0. The summed E-state index contributed by atoms with van der Waals surface area (Å²) in [4.78, 5) is 0. The van der Waals surface area contributed by atoms with Crippen molar-refractivity contribution in [2.45, 2.75) is 90.9 Å². The molecule has 0 amide bonds. The van der Waals surface area contributed by atoms with Crippen molar-refractivity contribution in [3.8, 4) is 0 Å². The van der Waals surface area contributed by atoms with Crippen LogP contribution in [0.2, 0.25) is 0 Å². The topological polar surface area (TPSA) is 0 Å². The number of rotatable bonds is 9. The quantitative estimate of drug-likeness (QED) is 0.428. The van der Waals surface area contributed by atoms with Gasteiger partial charge in [-0.25, -0.2) is 0 Å². The molecule has 0 bridgehead atoms. The fourth-order valence-electron chi connectivity index (χ4n) is 2.98. The summed E-state index contributed by atoms with van der Waals surface area (Å²) in [5, 5.41) is 0. The van der Waals surface area contributed by atoms with Gasteiger partial charge in [-0.15, -0.1) is 0 Å². The molecule has 0 unspecified atom stereocenters. The lowest BCUT2D eigenvalue weighted by molar-refractivity contribution is 0.0979. The second kappa shape index (κ2) is 7.30. The molecule has 0 radical (unpaired) electrons. The highest BCUT2D eigenvalue weighted by atomic mass is 14.4. The summed E-state index contributed by atoms with van der Waals surface area (Å²) >= 11 is 0. The first-order chi connectivity index (χ1) is 7.33. The third-order valence-electron chi connectivity index (χ3n) is 4.29. The van der Waals surface area contributed by atoms with Gasteiger partial charge in [-0.1, -0.05) is 65.2 Å². The molecule has 1 saturated carbocycles. The molecule has 0 spiro atoms. The van der Waals surface area contributed by atoms with Crippen LogP contribution < -0.4 is 0 Å². The van der Waals surface area contributed by atoms with Crippen molar-refractivity contribution >= 4 is 0 Å². The van der Waals surface area contributed by atoms with E-state index in [0.717, 1.165) is 5.41 Å². The smallest absolute Gasteiger partial charge is 0.0297 e. The molecule has 15 heavy (non-hydrogen) atoms. The third-order valence-corrected chi connectivity index (χ3v) is 4.29. The van der Waals surface area contributed by atoms with E-state index in [1.165, 1.54) is 64.2 Å². The van der Waals surface area contributed by atoms with Gasteiger partial charge in [0.1, 0.15) is 0 Å². The van der Waals surface area contributed by atoms with Crippen LogP contribution in [0.1, 0.15) is 90.9 Å². The Hall–Kier alpha value is 0. The monoisotopic (exact) mass is 210 g/mol. The van der Waals surface area contributed by atoms with E-state index in [1.807, 2.05) is 0 Å². The van der Waals surface area contributed by atoms with Gasteiger partial charge in [0.25, 0.3) is 0 Å². The van der Waals surface area contributed by atoms with Crippen LogP contribution in [0.25, 0.3) is 0 Å². The first-order valence-electron chi connectivity index (χ1n) is 7.33. The maximum atomic E-state index is 2.31. The molecule has 90 valence electrons. The minimum Gasteiger partial charge on any atom is -0.0654 e. The van der Waals surface area contributed by atoms with Crippen molar-refractivity contribution in [1.29, 1.82) is 0 Å². The molecule has 0 aromatic carbocycles. The van der Waals surface area contributed by atoms with Gasteiger partial charge in [-0.05, 0) is 31.1 Å². The molecule has 1 rings (SSSR count).